The second kappa shape index (κ2) is 10.7. The summed E-state index contributed by atoms with van der Waals surface area (Å²) in [4.78, 5) is 38.4. The SMILES string of the molecule is COc1cccc(NC(=O)COc2ccc(N3C[C@@H](C(=O)NCC(C)C)CC3=O)cc2)c1. The smallest absolute Gasteiger partial charge is 0.262 e. The van der Waals surface area contributed by atoms with Crippen molar-refractivity contribution >= 4 is 29.1 Å². The summed E-state index contributed by atoms with van der Waals surface area (Å²) in [5.74, 6) is 0.697. The van der Waals surface area contributed by atoms with Crippen LogP contribution in [0.2, 0.25) is 0 Å². The molecule has 0 spiro atoms. The van der Waals surface area contributed by atoms with Gasteiger partial charge in [0, 0.05) is 37.0 Å². The number of ether oxygens (including phenoxy) is 2. The maximum atomic E-state index is 12.4. The van der Waals surface area contributed by atoms with Crippen molar-refractivity contribution in [2.45, 2.75) is 20.3 Å². The second-order valence-electron chi connectivity index (χ2n) is 8.11. The van der Waals surface area contributed by atoms with E-state index in [0.717, 1.165) is 0 Å². The molecule has 0 saturated carbocycles. The summed E-state index contributed by atoms with van der Waals surface area (Å²) in [5.41, 5.74) is 1.31. The van der Waals surface area contributed by atoms with E-state index in [2.05, 4.69) is 10.6 Å². The van der Waals surface area contributed by atoms with Gasteiger partial charge in [0.05, 0.1) is 13.0 Å². The molecule has 170 valence electrons. The number of nitrogens with zero attached hydrogens (tertiary/aromatic N) is 1. The first kappa shape index (κ1) is 23.1. The average Bonchev–Trinajstić information content (AvgIpc) is 3.18. The predicted octanol–water partition coefficient (Wildman–Crippen LogP) is 2.84. The molecule has 2 aromatic rings. The van der Waals surface area contributed by atoms with E-state index in [1.807, 2.05) is 13.8 Å². The number of rotatable bonds is 9. The number of nitrogens with one attached hydrogen (secondary N) is 2. The Morgan fingerprint density at radius 1 is 1.12 bits per heavy atom. The van der Waals surface area contributed by atoms with Crippen LogP contribution in [-0.2, 0) is 14.4 Å². The van der Waals surface area contributed by atoms with E-state index in [1.165, 1.54) is 0 Å². The lowest BCUT2D eigenvalue weighted by Crippen LogP contribution is -2.35. The zero-order valence-corrected chi connectivity index (χ0v) is 18.6. The number of carbonyl (C=O) groups is 3. The molecule has 8 nitrogen and oxygen atoms in total. The molecular formula is C24H29N3O5. The number of hydrogen-bond donors (Lipinski definition) is 2. The normalized spacial score (nSPS) is 15.6. The molecule has 0 unspecified atom stereocenters. The third-order valence-corrected chi connectivity index (χ3v) is 5.05. The van der Waals surface area contributed by atoms with Gasteiger partial charge in [0.1, 0.15) is 11.5 Å². The minimum absolute atomic E-state index is 0.0824. The van der Waals surface area contributed by atoms with Crippen LogP contribution in [0.4, 0.5) is 11.4 Å². The fourth-order valence-electron chi connectivity index (χ4n) is 3.35. The van der Waals surface area contributed by atoms with Gasteiger partial charge in [-0.3, -0.25) is 14.4 Å². The van der Waals surface area contributed by atoms with Gasteiger partial charge in [-0.25, -0.2) is 0 Å². The predicted molar refractivity (Wildman–Crippen MR) is 122 cm³/mol. The summed E-state index contributed by atoms with van der Waals surface area (Å²) >= 11 is 0. The molecule has 2 N–H and O–H groups in total. The van der Waals surface area contributed by atoms with Crippen molar-refractivity contribution in [3.8, 4) is 11.5 Å². The monoisotopic (exact) mass is 439 g/mol. The van der Waals surface area contributed by atoms with E-state index < -0.39 is 0 Å². The van der Waals surface area contributed by atoms with Gasteiger partial charge >= 0.3 is 0 Å². The quantitative estimate of drug-likeness (QED) is 0.626. The summed E-state index contributed by atoms with van der Waals surface area (Å²) in [6, 6.07) is 14.0. The lowest BCUT2D eigenvalue weighted by atomic mass is 10.1. The Balaban J connectivity index is 1.50. The Kier molecular flexibility index (Phi) is 7.70. The van der Waals surface area contributed by atoms with E-state index >= 15 is 0 Å². The second-order valence-corrected chi connectivity index (χ2v) is 8.11. The van der Waals surface area contributed by atoms with E-state index in [0.29, 0.717) is 41.9 Å². The van der Waals surface area contributed by atoms with Crippen LogP contribution in [0.3, 0.4) is 0 Å². The van der Waals surface area contributed by atoms with Gasteiger partial charge in [0.15, 0.2) is 6.61 Å². The van der Waals surface area contributed by atoms with Gasteiger partial charge < -0.3 is 25.0 Å². The third-order valence-electron chi connectivity index (χ3n) is 5.05. The number of anilines is 2. The minimum Gasteiger partial charge on any atom is -0.497 e. The Hall–Kier alpha value is -3.55. The first-order valence-corrected chi connectivity index (χ1v) is 10.6. The van der Waals surface area contributed by atoms with Gasteiger partial charge in [0.25, 0.3) is 5.91 Å². The number of hydrogen-bond acceptors (Lipinski definition) is 5. The van der Waals surface area contributed by atoms with Crippen LogP contribution in [0.25, 0.3) is 0 Å². The Morgan fingerprint density at radius 3 is 2.56 bits per heavy atom. The first-order valence-electron chi connectivity index (χ1n) is 10.6. The van der Waals surface area contributed by atoms with Crippen molar-refractivity contribution in [3.05, 3.63) is 48.5 Å². The summed E-state index contributed by atoms with van der Waals surface area (Å²) in [7, 11) is 1.56. The maximum absolute atomic E-state index is 12.4. The summed E-state index contributed by atoms with van der Waals surface area (Å²) in [6.45, 7) is 4.85. The average molecular weight is 440 g/mol. The standard InChI is InChI=1S/C24H29N3O5/c1-16(2)13-25-24(30)17-11-23(29)27(14-17)19-7-9-20(10-8-19)32-15-22(28)26-18-5-4-6-21(12-18)31-3/h4-10,12,16-17H,11,13-15H2,1-3H3,(H,25,30)(H,26,28)/t17-/m0/s1. The van der Waals surface area contributed by atoms with Crippen molar-refractivity contribution in [1.29, 1.82) is 0 Å². The van der Waals surface area contributed by atoms with E-state index in [-0.39, 0.29) is 36.7 Å². The van der Waals surface area contributed by atoms with Crippen molar-refractivity contribution < 1.29 is 23.9 Å². The van der Waals surface area contributed by atoms with Gasteiger partial charge in [0.2, 0.25) is 11.8 Å². The van der Waals surface area contributed by atoms with Crippen molar-refractivity contribution in [2.75, 3.05) is 37.0 Å². The highest BCUT2D eigenvalue weighted by atomic mass is 16.5. The number of methoxy groups -OCH3 is 1. The molecule has 1 fully saturated rings. The van der Waals surface area contributed by atoms with Crippen LogP contribution in [0, 0.1) is 11.8 Å². The molecule has 3 rings (SSSR count). The zero-order chi connectivity index (χ0) is 23.1. The van der Waals surface area contributed by atoms with Crippen LogP contribution in [0.1, 0.15) is 20.3 Å². The Labute approximate surface area is 187 Å². The number of carbonyl (C=O) groups excluding carboxylic acids is 3. The summed E-state index contributed by atoms with van der Waals surface area (Å²) in [6.07, 6.45) is 0.201. The third kappa shape index (κ3) is 6.23. The molecule has 8 heteroatoms. The summed E-state index contributed by atoms with van der Waals surface area (Å²) < 4.78 is 10.7. The Bertz CT molecular complexity index is 958. The molecule has 1 saturated heterocycles. The van der Waals surface area contributed by atoms with Crippen LogP contribution >= 0.6 is 0 Å². The topological polar surface area (TPSA) is 97.0 Å². The molecule has 0 radical (unpaired) electrons. The molecule has 1 heterocycles. The lowest BCUT2D eigenvalue weighted by Gasteiger charge is -2.17. The lowest BCUT2D eigenvalue weighted by molar-refractivity contribution is -0.126. The number of amides is 3. The van der Waals surface area contributed by atoms with Gasteiger partial charge in [-0.1, -0.05) is 19.9 Å². The van der Waals surface area contributed by atoms with E-state index in [9.17, 15) is 14.4 Å². The molecule has 0 aliphatic carbocycles. The summed E-state index contributed by atoms with van der Waals surface area (Å²) in [5, 5.41) is 5.64. The van der Waals surface area contributed by atoms with Crippen molar-refractivity contribution in [1.82, 2.24) is 5.32 Å². The van der Waals surface area contributed by atoms with Gasteiger partial charge in [-0.2, -0.15) is 0 Å². The van der Waals surface area contributed by atoms with Crippen LogP contribution in [-0.4, -0.2) is 44.5 Å². The largest absolute Gasteiger partial charge is 0.497 e. The van der Waals surface area contributed by atoms with Crippen LogP contribution in [0.5, 0.6) is 11.5 Å². The molecule has 1 aliphatic heterocycles. The highest BCUT2D eigenvalue weighted by Crippen LogP contribution is 2.27. The van der Waals surface area contributed by atoms with E-state index in [4.69, 9.17) is 9.47 Å². The fraction of sp³-hybridized carbons (Fsp3) is 0.375. The van der Waals surface area contributed by atoms with Gasteiger partial charge in [-0.15, -0.1) is 0 Å². The zero-order valence-electron chi connectivity index (χ0n) is 18.6. The molecule has 3 amide bonds. The highest BCUT2D eigenvalue weighted by Gasteiger charge is 2.35. The molecule has 2 aromatic carbocycles. The van der Waals surface area contributed by atoms with Crippen molar-refractivity contribution in [3.63, 3.8) is 0 Å². The molecule has 32 heavy (non-hydrogen) atoms. The molecule has 1 atom stereocenters. The maximum Gasteiger partial charge on any atom is 0.262 e. The van der Waals surface area contributed by atoms with Crippen molar-refractivity contribution in [2.24, 2.45) is 11.8 Å². The van der Waals surface area contributed by atoms with E-state index in [1.54, 1.807) is 60.5 Å². The number of benzene rings is 2. The first-order chi connectivity index (χ1) is 15.4. The molecule has 0 aromatic heterocycles. The Morgan fingerprint density at radius 2 is 1.88 bits per heavy atom. The van der Waals surface area contributed by atoms with Crippen LogP contribution < -0.4 is 25.0 Å². The minimum atomic E-state index is -0.350. The molecule has 0 bridgehead atoms. The molecular weight excluding hydrogens is 410 g/mol. The molecule has 1 aliphatic rings. The van der Waals surface area contributed by atoms with Gasteiger partial charge in [-0.05, 0) is 42.3 Å². The van der Waals surface area contributed by atoms with Crippen LogP contribution in [0.15, 0.2) is 48.5 Å². The fourth-order valence-corrected chi connectivity index (χ4v) is 3.35. The highest BCUT2D eigenvalue weighted by molar-refractivity contribution is 6.00.